The summed E-state index contributed by atoms with van der Waals surface area (Å²) < 4.78 is 15.3. The number of rotatable bonds is 6. The van der Waals surface area contributed by atoms with Gasteiger partial charge >= 0.3 is 0 Å². The number of carbonyl (C=O) groups excluding carboxylic acids is 2. The minimum atomic E-state index is -0.300. The highest BCUT2D eigenvalue weighted by Gasteiger charge is 2.23. The number of Topliss-reactive ketones (excluding diaryl/α,β-unsaturated/α-hetero) is 1. The molecule has 1 N–H and O–H groups in total. The summed E-state index contributed by atoms with van der Waals surface area (Å²) in [5, 5.41) is 3.19. The molecule has 0 aliphatic heterocycles. The molecule has 4 nitrogen and oxygen atoms in total. The monoisotopic (exact) mass is 384 g/mol. The summed E-state index contributed by atoms with van der Waals surface area (Å²) in [5.74, 6) is 0.248. The Hall–Kier alpha value is -2.43. The second-order valence-corrected chi connectivity index (χ2v) is 7.93. The van der Waals surface area contributed by atoms with E-state index in [-0.39, 0.29) is 23.5 Å². The van der Waals surface area contributed by atoms with Crippen molar-refractivity contribution in [3.8, 4) is 11.3 Å². The summed E-state index contributed by atoms with van der Waals surface area (Å²) in [5.41, 5.74) is 3.14. The first kappa shape index (κ1) is 20.3. The summed E-state index contributed by atoms with van der Waals surface area (Å²) in [6, 6.07) is 8.32. The maximum atomic E-state index is 13.3. The number of hydrogen-bond donors (Lipinski definition) is 1. The molecule has 3 rings (SSSR count). The Labute approximate surface area is 166 Å². The number of halogens is 1. The minimum Gasteiger partial charge on any atom is -0.353 e. The van der Waals surface area contributed by atoms with Crippen molar-refractivity contribution < 1.29 is 14.0 Å². The fraction of sp³-hybridized carbons (Fsp3) is 0.478. The van der Waals surface area contributed by atoms with E-state index >= 15 is 0 Å². The quantitative estimate of drug-likeness (QED) is 0.721. The van der Waals surface area contributed by atoms with E-state index in [2.05, 4.69) is 12.2 Å². The minimum absolute atomic E-state index is 0.0138. The number of aromatic nitrogens is 1. The molecule has 0 saturated heterocycles. The van der Waals surface area contributed by atoms with E-state index in [1.165, 1.54) is 38.3 Å². The van der Waals surface area contributed by atoms with Crippen LogP contribution in [0.4, 0.5) is 4.39 Å². The van der Waals surface area contributed by atoms with E-state index < -0.39 is 0 Å². The average Bonchev–Trinajstić information content (AvgIpc) is 2.99. The smallest absolute Gasteiger partial charge is 0.222 e. The molecule has 1 aromatic heterocycles. The van der Waals surface area contributed by atoms with Crippen molar-refractivity contribution in [1.82, 2.24) is 9.88 Å². The first-order valence-electron chi connectivity index (χ1n) is 10.1. The van der Waals surface area contributed by atoms with E-state index in [9.17, 15) is 14.0 Å². The Morgan fingerprint density at radius 2 is 1.86 bits per heavy atom. The molecule has 2 atom stereocenters. The normalized spacial score (nSPS) is 19.4. The topological polar surface area (TPSA) is 51.1 Å². The van der Waals surface area contributed by atoms with Crippen molar-refractivity contribution in [3.63, 3.8) is 0 Å². The molecule has 1 aliphatic rings. The maximum Gasteiger partial charge on any atom is 0.222 e. The highest BCUT2D eigenvalue weighted by Crippen LogP contribution is 2.27. The predicted molar refractivity (Wildman–Crippen MR) is 109 cm³/mol. The van der Waals surface area contributed by atoms with E-state index in [4.69, 9.17) is 0 Å². The van der Waals surface area contributed by atoms with Crippen LogP contribution < -0.4 is 5.32 Å². The number of hydrogen-bond acceptors (Lipinski definition) is 2. The lowest BCUT2D eigenvalue weighted by Crippen LogP contribution is -2.41. The van der Waals surface area contributed by atoms with Crippen LogP contribution in [0.3, 0.4) is 0 Å². The van der Waals surface area contributed by atoms with Crippen molar-refractivity contribution >= 4 is 11.7 Å². The van der Waals surface area contributed by atoms with Crippen molar-refractivity contribution in [1.29, 1.82) is 0 Å². The zero-order valence-corrected chi connectivity index (χ0v) is 16.9. The zero-order valence-electron chi connectivity index (χ0n) is 16.9. The molecule has 1 aromatic carbocycles. The van der Waals surface area contributed by atoms with Gasteiger partial charge in [0.1, 0.15) is 5.82 Å². The summed E-state index contributed by atoms with van der Waals surface area (Å²) in [7, 11) is 0. The van der Waals surface area contributed by atoms with Gasteiger partial charge in [0.05, 0.1) is 0 Å². The molecule has 28 heavy (non-hydrogen) atoms. The van der Waals surface area contributed by atoms with Crippen molar-refractivity contribution in [2.75, 3.05) is 0 Å². The van der Waals surface area contributed by atoms with Gasteiger partial charge in [-0.3, -0.25) is 9.59 Å². The van der Waals surface area contributed by atoms with Crippen LogP contribution in [0.2, 0.25) is 0 Å². The Morgan fingerprint density at radius 1 is 1.18 bits per heavy atom. The average molecular weight is 384 g/mol. The van der Waals surface area contributed by atoms with Crippen LogP contribution in [-0.4, -0.2) is 22.3 Å². The van der Waals surface area contributed by atoms with Gasteiger partial charge in [0.2, 0.25) is 5.91 Å². The summed E-state index contributed by atoms with van der Waals surface area (Å²) in [6.07, 6.45) is 4.97. The summed E-state index contributed by atoms with van der Waals surface area (Å²) in [4.78, 5) is 24.5. The second kappa shape index (κ2) is 8.72. The molecule has 1 heterocycles. The highest BCUT2D eigenvalue weighted by molar-refractivity contribution is 5.96. The summed E-state index contributed by atoms with van der Waals surface area (Å²) in [6.45, 7) is 6.12. The van der Waals surface area contributed by atoms with Gasteiger partial charge in [-0.1, -0.05) is 19.8 Å². The number of ketones is 1. The molecule has 1 saturated carbocycles. The highest BCUT2D eigenvalue weighted by atomic mass is 19.1. The van der Waals surface area contributed by atoms with Crippen molar-refractivity contribution in [2.45, 2.75) is 65.5 Å². The molecule has 0 unspecified atom stereocenters. The van der Waals surface area contributed by atoms with E-state index in [0.29, 0.717) is 24.4 Å². The molecule has 0 spiro atoms. The molecule has 0 radical (unpaired) electrons. The Balaban J connectivity index is 1.77. The molecular weight excluding hydrogens is 355 g/mol. The first-order chi connectivity index (χ1) is 13.4. The molecule has 5 heteroatoms. The van der Waals surface area contributed by atoms with Gasteiger partial charge in [0.15, 0.2) is 5.78 Å². The molecule has 0 bridgehead atoms. The third-order valence-electron chi connectivity index (χ3n) is 5.91. The lowest BCUT2D eigenvalue weighted by Gasteiger charge is -2.29. The van der Waals surface area contributed by atoms with Crippen LogP contribution in [-0.2, 0) is 11.3 Å². The molecule has 1 fully saturated rings. The van der Waals surface area contributed by atoms with Crippen LogP contribution in [0.25, 0.3) is 11.3 Å². The van der Waals surface area contributed by atoms with Gasteiger partial charge < -0.3 is 9.88 Å². The molecule has 150 valence electrons. The number of nitrogens with zero attached hydrogens (tertiary/aromatic N) is 1. The fourth-order valence-corrected chi connectivity index (χ4v) is 4.17. The SMILES string of the molecule is CC(=O)c1cc(-c2ccc(F)cc2)n(CCC(=O)N[C@H]2CCCC[C@H]2C)c1C. The van der Waals surface area contributed by atoms with Crippen LogP contribution in [0.1, 0.15) is 62.0 Å². The number of amides is 1. The second-order valence-electron chi connectivity index (χ2n) is 7.93. The molecule has 2 aromatic rings. The molecule has 1 aliphatic carbocycles. The van der Waals surface area contributed by atoms with Gasteiger partial charge in [0, 0.05) is 36.0 Å². The van der Waals surface area contributed by atoms with Crippen LogP contribution in [0, 0.1) is 18.7 Å². The van der Waals surface area contributed by atoms with E-state index in [1.54, 1.807) is 12.1 Å². The van der Waals surface area contributed by atoms with Crippen LogP contribution >= 0.6 is 0 Å². The van der Waals surface area contributed by atoms with Gasteiger partial charge in [0.25, 0.3) is 0 Å². The van der Waals surface area contributed by atoms with Crippen molar-refractivity contribution in [3.05, 3.63) is 47.4 Å². The third-order valence-corrected chi connectivity index (χ3v) is 5.91. The Kier molecular flexibility index (Phi) is 6.32. The Morgan fingerprint density at radius 3 is 2.50 bits per heavy atom. The van der Waals surface area contributed by atoms with Gasteiger partial charge in [-0.25, -0.2) is 4.39 Å². The fourth-order valence-electron chi connectivity index (χ4n) is 4.17. The van der Waals surface area contributed by atoms with E-state index in [1.807, 2.05) is 17.6 Å². The first-order valence-corrected chi connectivity index (χ1v) is 10.1. The largest absolute Gasteiger partial charge is 0.353 e. The zero-order chi connectivity index (χ0) is 20.3. The molecular formula is C23H29FN2O2. The Bertz CT molecular complexity index is 854. The lowest BCUT2D eigenvalue weighted by atomic mass is 9.86. The van der Waals surface area contributed by atoms with Crippen molar-refractivity contribution in [2.24, 2.45) is 5.92 Å². The molecule has 1 amide bonds. The van der Waals surface area contributed by atoms with Gasteiger partial charge in [-0.2, -0.15) is 0 Å². The number of carbonyl (C=O) groups is 2. The standard InChI is InChI=1S/C23H29FN2O2/c1-15-6-4-5-7-21(15)25-23(28)12-13-26-16(2)20(17(3)27)14-22(26)18-8-10-19(24)11-9-18/h8-11,14-15,21H,4-7,12-13H2,1-3H3,(H,25,28)/t15-,21+/m1/s1. The van der Waals surface area contributed by atoms with Crippen LogP contribution in [0.5, 0.6) is 0 Å². The van der Waals surface area contributed by atoms with Crippen LogP contribution in [0.15, 0.2) is 30.3 Å². The number of nitrogens with one attached hydrogen (secondary N) is 1. The van der Waals surface area contributed by atoms with Gasteiger partial charge in [-0.05, 0) is 68.5 Å². The predicted octanol–water partition coefficient (Wildman–Crippen LogP) is 4.89. The maximum absolute atomic E-state index is 13.3. The lowest BCUT2D eigenvalue weighted by molar-refractivity contribution is -0.122. The summed E-state index contributed by atoms with van der Waals surface area (Å²) >= 11 is 0. The van der Waals surface area contributed by atoms with Gasteiger partial charge in [-0.15, -0.1) is 0 Å². The third kappa shape index (κ3) is 4.51. The van der Waals surface area contributed by atoms with E-state index in [0.717, 1.165) is 23.4 Å². The number of benzene rings is 1.